The molecule has 1 aromatic carbocycles. The Morgan fingerprint density at radius 1 is 1.14 bits per heavy atom. The number of likely N-dealkylation sites (tertiary alicyclic amines) is 1. The van der Waals surface area contributed by atoms with E-state index >= 15 is 0 Å². The zero-order valence-corrected chi connectivity index (χ0v) is 12.3. The molecule has 2 aliphatic heterocycles. The first-order chi connectivity index (χ1) is 10.8. The zero-order chi connectivity index (χ0) is 15.5. The average Bonchev–Trinajstić information content (AvgIpc) is 2.83. The summed E-state index contributed by atoms with van der Waals surface area (Å²) in [6.07, 6.45) is 3.62. The summed E-state index contributed by atoms with van der Waals surface area (Å²) in [4.78, 5) is 15.9. The predicted octanol–water partition coefficient (Wildman–Crippen LogP) is 0.860. The number of rotatable bonds is 2. The first-order valence-corrected chi connectivity index (χ1v) is 7.55. The third kappa shape index (κ3) is 2.36. The number of hydrogen-bond donors (Lipinski definition) is 1. The van der Waals surface area contributed by atoms with Gasteiger partial charge < -0.3 is 4.90 Å². The molecule has 1 fully saturated rings. The highest BCUT2D eigenvalue weighted by molar-refractivity contribution is 6.34. The van der Waals surface area contributed by atoms with E-state index in [0.29, 0.717) is 12.2 Å². The van der Waals surface area contributed by atoms with E-state index in [1.807, 2.05) is 36.4 Å². The monoisotopic (exact) mass is 293 g/mol. The number of benzene rings is 1. The van der Waals surface area contributed by atoms with Gasteiger partial charge in [-0.2, -0.15) is 10.5 Å². The van der Waals surface area contributed by atoms with Crippen molar-refractivity contribution in [2.75, 3.05) is 24.7 Å². The number of nitrogens with zero attached hydrogens (tertiary/aromatic N) is 3. The van der Waals surface area contributed by atoms with Gasteiger partial charge in [-0.1, -0.05) is 18.2 Å². The number of anilines is 1. The summed E-state index contributed by atoms with van der Waals surface area (Å²) in [5, 5.41) is 18.3. The van der Waals surface area contributed by atoms with Crippen molar-refractivity contribution < 1.29 is 9.69 Å². The van der Waals surface area contributed by atoms with Crippen LogP contribution in [-0.2, 0) is 4.79 Å². The van der Waals surface area contributed by atoms with Gasteiger partial charge in [0.2, 0.25) is 0 Å². The third-order valence-electron chi connectivity index (χ3n) is 4.34. The number of allylic oxidation sites excluding steroid dienone is 1. The number of amides is 1. The average molecular weight is 293 g/mol. The Morgan fingerprint density at radius 2 is 1.82 bits per heavy atom. The Balaban J connectivity index is 1.99. The van der Waals surface area contributed by atoms with Crippen molar-refractivity contribution in [2.24, 2.45) is 0 Å². The number of carbonyl (C=O) groups is 1. The second kappa shape index (κ2) is 6.01. The van der Waals surface area contributed by atoms with Crippen LogP contribution in [0.1, 0.15) is 24.8 Å². The van der Waals surface area contributed by atoms with Crippen molar-refractivity contribution in [1.82, 2.24) is 0 Å². The third-order valence-corrected chi connectivity index (χ3v) is 4.34. The highest BCUT2D eigenvalue weighted by Crippen LogP contribution is 2.37. The molecule has 110 valence electrons. The van der Waals surface area contributed by atoms with Gasteiger partial charge in [0.1, 0.15) is 17.7 Å². The SMILES string of the molecule is N#CC(C#N)=C1C(=O)N(C[NH+]2CCCCC2)c2ccccc21. The van der Waals surface area contributed by atoms with Crippen molar-refractivity contribution in [2.45, 2.75) is 19.3 Å². The largest absolute Gasteiger partial charge is 0.317 e. The van der Waals surface area contributed by atoms with Crippen molar-refractivity contribution in [3.05, 3.63) is 35.4 Å². The molecular formula is C17H17N4O+. The summed E-state index contributed by atoms with van der Waals surface area (Å²) in [6.45, 7) is 2.73. The minimum atomic E-state index is -0.225. The van der Waals surface area contributed by atoms with E-state index in [2.05, 4.69) is 0 Å². The molecule has 0 bridgehead atoms. The molecule has 5 heteroatoms. The van der Waals surface area contributed by atoms with Crippen molar-refractivity contribution in [3.63, 3.8) is 0 Å². The highest BCUT2D eigenvalue weighted by Gasteiger charge is 2.36. The van der Waals surface area contributed by atoms with Crippen LogP contribution < -0.4 is 9.80 Å². The minimum Gasteiger partial charge on any atom is -0.317 e. The minimum absolute atomic E-state index is 0.103. The molecule has 0 aromatic heterocycles. The Labute approximate surface area is 129 Å². The second-order valence-electron chi connectivity index (χ2n) is 5.69. The van der Waals surface area contributed by atoms with Crippen molar-refractivity contribution in [3.8, 4) is 12.1 Å². The molecule has 0 atom stereocenters. The number of piperidine rings is 1. The van der Waals surface area contributed by atoms with Crippen LogP contribution in [0.5, 0.6) is 0 Å². The number of nitriles is 2. The zero-order valence-electron chi connectivity index (χ0n) is 12.3. The predicted molar refractivity (Wildman–Crippen MR) is 81.5 cm³/mol. The van der Waals surface area contributed by atoms with Gasteiger partial charge in [0.25, 0.3) is 5.91 Å². The van der Waals surface area contributed by atoms with E-state index < -0.39 is 0 Å². The molecule has 0 spiro atoms. The quantitative estimate of drug-likeness (QED) is 0.649. The summed E-state index contributed by atoms with van der Waals surface area (Å²) in [5.41, 5.74) is 1.65. The molecule has 0 aliphatic carbocycles. The fourth-order valence-electron chi connectivity index (χ4n) is 3.25. The van der Waals surface area contributed by atoms with Crippen LogP contribution in [0.3, 0.4) is 0 Å². The molecule has 22 heavy (non-hydrogen) atoms. The molecule has 2 heterocycles. The lowest BCUT2D eigenvalue weighted by Crippen LogP contribution is -3.14. The van der Waals surface area contributed by atoms with Crippen LogP contribution in [0, 0.1) is 22.7 Å². The molecular weight excluding hydrogens is 276 g/mol. The van der Waals surface area contributed by atoms with E-state index in [1.54, 1.807) is 4.90 Å². The molecule has 2 aliphatic rings. The van der Waals surface area contributed by atoms with Crippen LogP contribution >= 0.6 is 0 Å². The normalized spacial score (nSPS) is 17.8. The summed E-state index contributed by atoms with van der Waals surface area (Å²) in [5.74, 6) is -0.225. The molecule has 3 rings (SSSR count). The Bertz CT molecular complexity index is 701. The van der Waals surface area contributed by atoms with E-state index in [1.165, 1.54) is 24.2 Å². The first kappa shape index (κ1) is 14.3. The molecule has 1 saturated heterocycles. The summed E-state index contributed by atoms with van der Waals surface area (Å²) in [7, 11) is 0. The van der Waals surface area contributed by atoms with E-state index in [-0.39, 0.29) is 17.1 Å². The molecule has 1 N–H and O–H groups in total. The van der Waals surface area contributed by atoms with Gasteiger partial charge in [-0.25, -0.2) is 0 Å². The van der Waals surface area contributed by atoms with Gasteiger partial charge in [-0.3, -0.25) is 9.69 Å². The topological polar surface area (TPSA) is 72.3 Å². The molecule has 0 unspecified atom stereocenters. The summed E-state index contributed by atoms with van der Waals surface area (Å²) >= 11 is 0. The van der Waals surface area contributed by atoms with E-state index in [0.717, 1.165) is 18.8 Å². The van der Waals surface area contributed by atoms with Crippen LogP contribution in [-0.4, -0.2) is 25.7 Å². The smallest absolute Gasteiger partial charge is 0.265 e. The van der Waals surface area contributed by atoms with Gasteiger partial charge in [0.05, 0.1) is 24.4 Å². The number of quaternary nitrogens is 1. The molecule has 5 nitrogen and oxygen atoms in total. The van der Waals surface area contributed by atoms with Crippen LogP contribution in [0.15, 0.2) is 29.8 Å². The maximum atomic E-state index is 12.7. The van der Waals surface area contributed by atoms with Gasteiger partial charge in [0, 0.05) is 5.56 Å². The lowest BCUT2D eigenvalue weighted by atomic mass is 10.0. The molecule has 1 aromatic rings. The molecule has 1 amide bonds. The second-order valence-corrected chi connectivity index (χ2v) is 5.69. The number of carbonyl (C=O) groups excluding carboxylic acids is 1. The van der Waals surface area contributed by atoms with E-state index in [4.69, 9.17) is 10.5 Å². The van der Waals surface area contributed by atoms with Crippen molar-refractivity contribution >= 4 is 17.2 Å². The highest BCUT2D eigenvalue weighted by atomic mass is 16.2. The Kier molecular flexibility index (Phi) is 3.91. The number of para-hydroxylation sites is 1. The standard InChI is InChI=1S/C17H16N4O/c18-10-13(11-19)16-14-6-2-3-7-15(14)21(17(16)22)12-20-8-4-1-5-9-20/h2-3,6-7H,1,4-5,8-9,12H2/p+1. The van der Waals surface area contributed by atoms with Gasteiger partial charge in [-0.15, -0.1) is 0 Å². The van der Waals surface area contributed by atoms with Crippen molar-refractivity contribution in [1.29, 1.82) is 10.5 Å². The van der Waals surface area contributed by atoms with Crippen LogP contribution in [0.2, 0.25) is 0 Å². The van der Waals surface area contributed by atoms with Gasteiger partial charge >= 0.3 is 0 Å². The van der Waals surface area contributed by atoms with Crippen LogP contribution in [0.25, 0.3) is 5.57 Å². The maximum Gasteiger partial charge on any atom is 0.265 e. The summed E-state index contributed by atoms with van der Waals surface area (Å²) in [6, 6.07) is 11.1. The molecule has 0 saturated carbocycles. The number of hydrogen-bond acceptors (Lipinski definition) is 3. The van der Waals surface area contributed by atoms with Gasteiger partial charge in [0.15, 0.2) is 6.67 Å². The lowest BCUT2D eigenvalue weighted by Gasteiger charge is -2.28. The first-order valence-electron chi connectivity index (χ1n) is 7.55. The fourth-order valence-corrected chi connectivity index (χ4v) is 3.25. The number of fused-ring (bicyclic) bond motifs is 1. The number of nitrogens with one attached hydrogen (secondary N) is 1. The van der Waals surface area contributed by atoms with Gasteiger partial charge in [-0.05, 0) is 25.3 Å². The fraction of sp³-hybridized carbons (Fsp3) is 0.353. The molecule has 0 radical (unpaired) electrons. The Hall–Kier alpha value is -2.63. The van der Waals surface area contributed by atoms with E-state index in [9.17, 15) is 4.79 Å². The maximum absolute atomic E-state index is 12.7. The Morgan fingerprint density at radius 3 is 2.50 bits per heavy atom. The van der Waals surface area contributed by atoms with Crippen LogP contribution in [0.4, 0.5) is 5.69 Å². The lowest BCUT2D eigenvalue weighted by molar-refractivity contribution is -0.903. The summed E-state index contributed by atoms with van der Waals surface area (Å²) < 4.78 is 0.